The topological polar surface area (TPSA) is 26.0 Å². The molecule has 1 saturated carbocycles. The Morgan fingerprint density at radius 1 is 1.44 bits per heavy atom. The Hall–Kier alpha value is 0.310. The monoisotopic (exact) mass is 143 g/mol. The fraction of sp³-hybridized carbons (Fsp3) is 1.00. The van der Waals surface area contributed by atoms with Crippen molar-refractivity contribution in [1.29, 1.82) is 0 Å². The smallest absolute Gasteiger partial charge is 0.0175 e. The number of hydrogen-bond acceptors (Lipinski definition) is 2. The van der Waals surface area contributed by atoms with Gasteiger partial charge in [0.1, 0.15) is 0 Å². The standard InChI is InChI=1S/C7H13NS/c8-6-1-4-9-7(5-6)2-3-7/h6H,1-5,8H2. The molecule has 52 valence electrons. The van der Waals surface area contributed by atoms with Crippen LogP contribution in [0.15, 0.2) is 0 Å². The van der Waals surface area contributed by atoms with E-state index in [9.17, 15) is 0 Å². The molecule has 2 aliphatic rings. The minimum Gasteiger partial charge on any atom is -0.328 e. The molecule has 1 aliphatic heterocycles. The maximum Gasteiger partial charge on any atom is 0.0175 e. The Morgan fingerprint density at radius 2 is 2.22 bits per heavy atom. The Morgan fingerprint density at radius 3 is 2.67 bits per heavy atom. The van der Waals surface area contributed by atoms with E-state index in [1.807, 2.05) is 0 Å². The van der Waals surface area contributed by atoms with E-state index in [1.54, 1.807) is 0 Å². The molecule has 2 heteroatoms. The summed E-state index contributed by atoms with van der Waals surface area (Å²) in [6.45, 7) is 0. The lowest BCUT2D eigenvalue weighted by molar-refractivity contribution is 0.560. The largest absolute Gasteiger partial charge is 0.328 e. The highest BCUT2D eigenvalue weighted by Gasteiger charge is 2.45. The summed E-state index contributed by atoms with van der Waals surface area (Å²) in [6.07, 6.45) is 5.40. The molecule has 1 atom stereocenters. The van der Waals surface area contributed by atoms with Crippen LogP contribution in [-0.4, -0.2) is 16.5 Å². The van der Waals surface area contributed by atoms with Gasteiger partial charge in [-0.1, -0.05) is 0 Å². The van der Waals surface area contributed by atoms with Crippen molar-refractivity contribution in [3.05, 3.63) is 0 Å². The van der Waals surface area contributed by atoms with Crippen LogP contribution in [0, 0.1) is 0 Å². The van der Waals surface area contributed by atoms with Crippen LogP contribution in [0.3, 0.4) is 0 Å². The molecule has 0 aromatic rings. The van der Waals surface area contributed by atoms with Crippen molar-refractivity contribution < 1.29 is 0 Å². The lowest BCUT2D eigenvalue weighted by atomic mass is 10.1. The maximum absolute atomic E-state index is 5.84. The molecule has 1 heterocycles. The Kier molecular flexibility index (Phi) is 1.27. The third-order valence-corrected chi connectivity index (χ3v) is 3.97. The molecule has 2 fully saturated rings. The molecule has 1 unspecified atom stereocenters. The van der Waals surface area contributed by atoms with Gasteiger partial charge in [0.2, 0.25) is 0 Å². The summed E-state index contributed by atoms with van der Waals surface area (Å²) in [5.41, 5.74) is 5.84. The number of thioether (sulfide) groups is 1. The van der Waals surface area contributed by atoms with Crippen LogP contribution in [0.2, 0.25) is 0 Å². The van der Waals surface area contributed by atoms with Crippen LogP contribution >= 0.6 is 11.8 Å². The van der Waals surface area contributed by atoms with E-state index in [2.05, 4.69) is 11.8 Å². The molecule has 0 bridgehead atoms. The van der Waals surface area contributed by atoms with E-state index in [1.165, 1.54) is 31.4 Å². The van der Waals surface area contributed by atoms with Crippen molar-refractivity contribution >= 4 is 11.8 Å². The van der Waals surface area contributed by atoms with E-state index in [0.717, 1.165) is 0 Å². The summed E-state index contributed by atoms with van der Waals surface area (Å²) in [7, 11) is 0. The van der Waals surface area contributed by atoms with Crippen molar-refractivity contribution in [3.63, 3.8) is 0 Å². The van der Waals surface area contributed by atoms with Gasteiger partial charge in [0.25, 0.3) is 0 Å². The van der Waals surface area contributed by atoms with Crippen LogP contribution in [0.5, 0.6) is 0 Å². The van der Waals surface area contributed by atoms with Gasteiger partial charge in [0, 0.05) is 10.8 Å². The zero-order valence-electron chi connectivity index (χ0n) is 5.60. The first kappa shape index (κ1) is 6.05. The second-order valence-corrected chi connectivity index (χ2v) is 4.85. The molecule has 0 aromatic carbocycles. The first-order valence-electron chi connectivity index (χ1n) is 3.70. The second-order valence-electron chi connectivity index (χ2n) is 3.28. The van der Waals surface area contributed by atoms with Gasteiger partial charge in [-0.25, -0.2) is 0 Å². The summed E-state index contributed by atoms with van der Waals surface area (Å²) in [5.74, 6) is 1.31. The van der Waals surface area contributed by atoms with Crippen LogP contribution in [0.25, 0.3) is 0 Å². The van der Waals surface area contributed by atoms with Gasteiger partial charge < -0.3 is 5.73 Å². The average Bonchev–Trinajstić information content (AvgIpc) is 2.49. The fourth-order valence-electron chi connectivity index (χ4n) is 1.55. The van der Waals surface area contributed by atoms with Gasteiger partial charge in [-0.2, -0.15) is 11.8 Å². The average molecular weight is 143 g/mol. The highest BCUT2D eigenvalue weighted by molar-refractivity contribution is 8.01. The van der Waals surface area contributed by atoms with Gasteiger partial charge in [-0.15, -0.1) is 0 Å². The van der Waals surface area contributed by atoms with Gasteiger partial charge in [0.05, 0.1) is 0 Å². The van der Waals surface area contributed by atoms with Gasteiger partial charge in [-0.3, -0.25) is 0 Å². The SMILES string of the molecule is NC1CCSC2(CC2)C1. The Labute approximate surface area is 60.4 Å². The van der Waals surface area contributed by atoms with E-state index in [0.29, 0.717) is 10.8 Å². The molecule has 1 aliphatic carbocycles. The Bertz CT molecular complexity index is 120. The minimum atomic E-state index is 0.522. The van der Waals surface area contributed by atoms with Crippen molar-refractivity contribution in [2.45, 2.75) is 36.5 Å². The zero-order valence-corrected chi connectivity index (χ0v) is 6.41. The first-order valence-corrected chi connectivity index (χ1v) is 4.69. The van der Waals surface area contributed by atoms with Gasteiger partial charge in [0.15, 0.2) is 0 Å². The first-order chi connectivity index (χ1) is 4.31. The fourth-order valence-corrected chi connectivity index (χ4v) is 3.13. The third kappa shape index (κ3) is 1.10. The quantitative estimate of drug-likeness (QED) is 0.554. The van der Waals surface area contributed by atoms with E-state index in [4.69, 9.17) is 5.73 Å². The van der Waals surface area contributed by atoms with Crippen LogP contribution in [0.1, 0.15) is 25.7 Å². The number of rotatable bonds is 0. The van der Waals surface area contributed by atoms with Crippen LogP contribution < -0.4 is 5.73 Å². The molecule has 1 nitrogen and oxygen atoms in total. The van der Waals surface area contributed by atoms with Gasteiger partial charge in [-0.05, 0) is 31.4 Å². The molecule has 0 amide bonds. The lowest BCUT2D eigenvalue weighted by Gasteiger charge is -2.25. The zero-order chi connectivity index (χ0) is 6.32. The van der Waals surface area contributed by atoms with E-state index in [-0.39, 0.29) is 0 Å². The Balaban J connectivity index is 1.96. The van der Waals surface area contributed by atoms with Crippen molar-refractivity contribution in [1.82, 2.24) is 0 Å². The summed E-state index contributed by atoms with van der Waals surface area (Å²) in [5, 5.41) is 0. The summed E-state index contributed by atoms with van der Waals surface area (Å²) in [4.78, 5) is 0. The molecule has 1 spiro atoms. The van der Waals surface area contributed by atoms with Gasteiger partial charge >= 0.3 is 0 Å². The lowest BCUT2D eigenvalue weighted by Crippen LogP contribution is -2.30. The van der Waals surface area contributed by atoms with E-state index < -0.39 is 0 Å². The molecule has 0 radical (unpaired) electrons. The predicted molar refractivity (Wildman–Crippen MR) is 41.6 cm³/mol. The minimum absolute atomic E-state index is 0.522. The maximum atomic E-state index is 5.84. The molecular formula is C7H13NS. The highest BCUT2D eigenvalue weighted by Crippen LogP contribution is 2.54. The summed E-state index contributed by atoms with van der Waals surface area (Å²) >= 11 is 2.16. The number of hydrogen-bond donors (Lipinski definition) is 1. The van der Waals surface area contributed by atoms with Crippen molar-refractivity contribution in [2.24, 2.45) is 5.73 Å². The van der Waals surface area contributed by atoms with Crippen LogP contribution in [0.4, 0.5) is 0 Å². The summed E-state index contributed by atoms with van der Waals surface area (Å²) in [6, 6.07) is 0.522. The molecule has 2 rings (SSSR count). The van der Waals surface area contributed by atoms with Crippen molar-refractivity contribution in [3.8, 4) is 0 Å². The van der Waals surface area contributed by atoms with Crippen LogP contribution in [-0.2, 0) is 0 Å². The summed E-state index contributed by atoms with van der Waals surface area (Å²) < 4.78 is 0.692. The van der Waals surface area contributed by atoms with Crippen molar-refractivity contribution in [2.75, 3.05) is 5.75 Å². The van der Waals surface area contributed by atoms with E-state index >= 15 is 0 Å². The third-order valence-electron chi connectivity index (χ3n) is 2.34. The molecule has 2 N–H and O–H groups in total. The normalized spacial score (nSPS) is 39.0. The predicted octanol–water partition coefficient (Wildman–Crippen LogP) is 1.37. The number of nitrogens with two attached hydrogens (primary N) is 1. The molecule has 1 saturated heterocycles. The highest BCUT2D eigenvalue weighted by atomic mass is 32.2. The second kappa shape index (κ2) is 1.89. The molecule has 0 aromatic heterocycles. The molecular weight excluding hydrogens is 130 g/mol. The molecule has 9 heavy (non-hydrogen) atoms.